The van der Waals surface area contributed by atoms with Gasteiger partial charge in [0.05, 0.1) is 7.11 Å². The Kier molecular flexibility index (Phi) is 3.70. The van der Waals surface area contributed by atoms with E-state index in [1.165, 1.54) is 18.2 Å². The number of methoxy groups -OCH3 is 1. The van der Waals surface area contributed by atoms with Gasteiger partial charge in [0.2, 0.25) is 5.90 Å². The van der Waals surface area contributed by atoms with Gasteiger partial charge in [0.25, 0.3) is 0 Å². The minimum absolute atomic E-state index is 0.0960. The lowest BCUT2D eigenvalue weighted by atomic mass is 10.2. The lowest BCUT2D eigenvalue weighted by Gasteiger charge is -2.00. The number of carbonyl (C=O) groups excluding carboxylic acids is 1. The molecule has 0 radical (unpaired) electrons. The highest BCUT2D eigenvalue weighted by Crippen LogP contribution is 2.21. The molecule has 0 bridgehead atoms. The van der Waals surface area contributed by atoms with Gasteiger partial charge in [-0.05, 0) is 42.0 Å². The Labute approximate surface area is 126 Å². The number of ether oxygens (including phenoxy) is 2. The van der Waals surface area contributed by atoms with Crippen molar-refractivity contribution >= 4 is 17.9 Å². The molecule has 1 heterocycles. The number of esters is 1. The molecule has 1 aliphatic heterocycles. The lowest BCUT2D eigenvalue weighted by Crippen LogP contribution is -2.05. The van der Waals surface area contributed by atoms with Crippen molar-refractivity contribution in [2.24, 2.45) is 4.99 Å². The van der Waals surface area contributed by atoms with Crippen LogP contribution in [0.15, 0.2) is 59.2 Å². The predicted octanol–water partition coefficient (Wildman–Crippen LogP) is 3.18. The van der Waals surface area contributed by atoms with Gasteiger partial charge in [-0.3, -0.25) is 0 Å². The number of aliphatic imine (C=N–C) groups is 1. The largest absolute Gasteiger partial charge is 0.497 e. The molecule has 0 atom stereocenters. The van der Waals surface area contributed by atoms with Crippen LogP contribution in [-0.2, 0) is 9.53 Å². The number of rotatable bonds is 3. The lowest BCUT2D eigenvalue weighted by molar-refractivity contribution is -0.129. The summed E-state index contributed by atoms with van der Waals surface area (Å²) >= 11 is 0. The predicted molar refractivity (Wildman–Crippen MR) is 80.0 cm³/mol. The maximum atomic E-state index is 13.2. The molecule has 22 heavy (non-hydrogen) atoms. The SMILES string of the molecule is COc1cccc(/C=C2/N=C(c3cccc(F)c3)OC2=O)c1. The molecule has 3 rings (SSSR count). The second-order valence-electron chi connectivity index (χ2n) is 4.62. The van der Waals surface area contributed by atoms with Gasteiger partial charge in [-0.15, -0.1) is 0 Å². The van der Waals surface area contributed by atoms with Crippen LogP contribution in [0.25, 0.3) is 6.08 Å². The van der Waals surface area contributed by atoms with E-state index in [2.05, 4.69) is 4.99 Å². The first-order chi connectivity index (χ1) is 10.7. The summed E-state index contributed by atoms with van der Waals surface area (Å²) in [6, 6.07) is 12.9. The fraction of sp³-hybridized carbons (Fsp3) is 0.0588. The molecular formula is C17H12FNO3. The van der Waals surface area contributed by atoms with Crippen LogP contribution in [0.3, 0.4) is 0 Å². The van der Waals surface area contributed by atoms with Crippen LogP contribution < -0.4 is 4.74 Å². The summed E-state index contributed by atoms with van der Waals surface area (Å²) < 4.78 is 23.4. The van der Waals surface area contributed by atoms with Crippen molar-refractivity contribution in [1.82, 2.24) is 0 Å². The van der Waals surface area contributed by atoms with Crippen LogP contribution in [0.1, 0.15) is 11.1 Å². The van der Waals surface area contributed by atoms with Crippen molar-refractivity contribution in [3.8, 4) is 5.75 Å². The van der Waals surface area contributed by atoms with E-state index < -0.39 is 11.8 Å². The van der Waals surface area contributed by atoms with Crippen molar-refractivity contribution in [3.05, 3.63) is 71.2 Å². The van der Waals surface area contributed by atoms with Crippen molar-refractivity contribution in [2.75, 3.05) is 7.11 Å². The molecule has 0 saturated heterocycles. The first-order valence-electron chi connectivity index (χ1n) is 6.58. The van der Waals surface area contributed by atoms with Gasteiger partial charge in [-0.1, -0.05) is 18.2 Å². The van der Waals surface area contributed by atoms with Crippen molar-refractivity contribution in [1.29, 1.82) is 0 Å². The highest BCUT2D eigenvalue weighted by Gasteiger charge is 2.24. The number of halogens is 1. The molecule has 4 nitrogen and oxygen atoms in total. The summed E-state index contributed by atoms with van der Waals surface area (Å²) in [6.45, 7) is 0. The summed E-state index contributed by atoms with van der Waals surface area (Å²) in [6.07, 6.45) is 1.59. The molecule has 0 unspecified atom stereocenters. The van der Waals surface area contributed by atoms with Crippen molar-refractivity contribution < 1.29 is 18.7 Å². The van der Waals surface area contributed by atoms with Crippen LogP contribution in [0.2, 0.25) is 0 Å². The van der Waals surface area contributed by atoms with E-state index in [0.717, 1.165) is 5.56 Å². The molecule has 0 amide bonds. The van der Waals surface area contributed by atoms with Gasteiger partial charge in [0.15, 0.2) is 5.70 Å². The molecule has 5 heteroatoms. The van der Waals surface area contributed by atoms with Crippen LogP contribution in [0, 0.1) is 5.82 Å². The van der Waals surface area contributed by atoms with Crippen LogP contribution in [-0.4, -0.2) is 19.0 Å². The average molecular weight is 297 g/mol. The smallest absolute Gasteiger partial charge is 0.363 e. The maximum Gasteiger partial charge on any atom is 0.363 e. The molecule has 2 aromatic carbocycles. The number of hydrogen-bond acceptors (Lipinski definition) is 4. The quantitative estimate of drug-likeness (QED) is 0.646. The minimum atomic E-state index is -0.568. The normalized spacial score (nSPS) is 15.6. The molecular weight excluding hydrogens is 285 g/mol. The zero-order chi connectivity index (χ0) is 15.5. The van der Waals surface area contributed by atoms with E-state index in [9.17, 15) is 9.18 Å². The molecule has 110 valence electrons. The van der Waals surface area contributed by atoms with Crippen LogP contribution >= 0.6 is 0 Å². The third kappa shape index (κ3) is 2.88. The van der Waals surface area contributed by atoms with E-state index in [0.29, 0.717) is 11.3 Å². The second-order valence-corrected chi connectivity index (χ2v) is 4.62. The van der Waals surface area contributed by atoms with Gasteiger partial charge >= 0.3 is 5.97 Å². The monoisotopic (exact) mass is 297 g/mol. The first-order valence-corrected chi connectivity index (χ1v) is 6.58. The topological polar surface area (TPSA) is 47.9 Å². The molecule has 1 aliphatic rings. The van der Waals surface area contributed by atoms with Gasteiger partial charge in [0, 0.05) is 5.56 Å². The first kappa shape index (κ1) is 14.0. The molecule has 0 N–H and O–H groups in total. The van der Waals surface area contributed by atoms with Crippen LogP contribution in [0.5, 0.6) is 5.75 Å². The Morgan fingerprint density at radius 1 is 1.18 bits per heavy atom. The summed E-state index contributed by atoms with van der Waals surface area (Å²) in [5.41, 5.74) is 1.34. The summed E-state index contributed by atoms with van der Waals surface area (Å²) in [5.74, 6) is -0.211. The highest BCUT2D eigenvalue weighted by atomic mass is 19.1. The molecule has 0 spiro atoms. The van der Waals surface area contributed by atoms with E-state index in [1.807, 2.05) is 12.1 Å². The van der Waals surface area contributed by atoms with Gasteiger partial charge < -0.3 is 9.47 Å². The number of hydrogen-bond donors (Lipinski definition) is 0. The summed E-state index contributed by atoms with van der Waals surface area (Å²) in [5, 5.41) is 0. The molecule has 0 saturated carbocycles. The van der Waals surface area contributed by atoms with E-state index in [-0.39, 0.29) is 11.6 Å². The second kappa shape index (κ2) is 5.81. The Hall–Kier alpha value is -2.95. The molecule has 2 aromatic rings. The van der Waals surface area contributed by atoms with Gasteiger partial charge in [0.1, 0.15) is 11.6 Å². The van der Waals surface area contributed by atoms with Crippen molar-refractivity contribution in [2.45, 2.75) is 0 Å². The molecule has 0 aromatic heterocycles. The average Bonchev–Trinajstić information content (AvgIpc) is 2.89. The Balaban J connectivity index is 1.94. The summed E-state index contributed by atoms with van der Waals surface area (Å²) in [7, 11) is 1.57. The third-order valence-corrected chi connectivity index (χ3v) is 3.09. The zero-order valence-corrected chi connectivity index (χ0v) is 11.7. The third-order valence-electron chi connectivity index (χ3n) is 3.09. The minimum Gasteiger partial charge on any atom is -0.497 e. The van der Waals surface area contributed by atoms with Crippen molar-refractivity contribution in [3.63, 3.8) is 0 Å². The fourth-order valence-corrected chi connectivity index (χ4v) is 2.04. The molecule has 0 fully saturated rings. The standard InChI is InChI=1S/C17H12FNO3/c1-21-14-7-2-4-11(8-14)9-15-17(20)22-16(19-15)12-5-3-6-13(18)10-12/h2-10H,1H3/b15-9+. The number of nitrogens with zero attached hydrogens (tertiary/aromatic N) is 1. The number of benzene rings is 2. The highest BCUT2D eigenvalue weighted by molar-refractivity contribution is 6.12. The van der Waals surface area contributed by atoms with Gasteiger partial charge in [-0.25, -0.2) is 14.2 Å². The van der Waals surface area contributed by atoms with Crippen LogP contribution in [0.4, 0.5) is 4.39 Å². The van der Waals surface area contributed by atoms with E-state index in [1.54, 1.807) is 31.4 Å². The Morgan fingerprint density at radius 3 is 2.77 bits per heavy atom. The fourth-order valence-electron chi connectivity index (χ4n) is 2.04. The maximum absolute atomic E-state index is 13.2. The Morgan fingerprint density at radius 2 is 2.00 bits per heavy atom. The molecule has 0 aliphatic carbocycles. The van der Waals surface area contributed by atoms with E-state index in [4.69, 9.17) is 9.47 Å². The Bertz CT molecular complexity index is 796. The van der Waals surface area contributed by atoms with Gasteiger partial charge in [-0.2, -0.15) is 0 Å². The van der Waals surface area contributed by atoms with E-state index >= 15 is 0 Å². The number of cyclic esters (lactones) is 1. The zero-order valence-electron chi connectivity index (χ0n) is 11.7. The number of carbonyl (C=O) groups is 1. The summed E-state index contributed by atoms with van der Waals surface area (Å²) in [4.78, 5) is 16.0.